The summed E-state index contributed by atoms with van der Waals surface area (Å²) in [5.74, 6) is -0.875. The minimum absolute atomic E-state index is 0.281. The van der Waals surface area contributed by atoms with Gasteiger partial charge in [-0.25, -0.2) is 4.98 Å². The lowest BCUT2D eigenvalue weighted by Gasteiger charge is -2.05. The van der Waals surface area contributed by atoms with Crippen molar-refractivity contribution in [3.8, 4) is 0 Å². The van der Waals surface area contributed by atoms with Crippen molar-refractivity contribution in [1.29, 1.82) is 0 Å². The van der Waals surface area contributed by atoms with Crippen LogP contribution in [0.1, 0.15) is 25.9 Å². The van der Waals surface area contributed by atoms with E-state index < -0.39 is 11.8 Å². The highest BCUT2D eigenvalue weighted by molar-refractivity contribution is 7.09. The summed E-state index contributed by atoms with van der Waals surface area (Å²) in [4.78, 5) is 31.0. The van der Waals surface area contributed by atoms with Gasteiger partial charge in [0, 0.05) is 17.8 Å². The van der Waals surface area contributed by atoms with Crippen LogP contribution in [0.3, 0.4) is 0 Å². The van der Waals surface area contributed by atoms with Gasteiger partial charge >= 0.3 is 0 Å². The quantitative estimate of drug-likeness (QED) is 0.788. The molecule has 18 heavy (non-hydrogen) atoms. The van der Waals surface area contributed by atoms with Crippen molar-refractivity contribution < 1.29 is 9.59 Å². The standard InChI is InChI=1S/C11H10N4O2S/c1-7-13-9(6-18-7)11(17)15-14-10(16)8-3-2-4-12-5-8/h2-6H,1H3,(H,14,16)(H,15,17). The molecule has 2 rings (SSSR count). The van der Waals surface area contributed by atoms with Crippen LogP contribution in [-0.4, -0.2) is 21.8 Å². The Labute approximate surface area is 107 Å². The summed E-state index contributed by atoms with van der Waals surface area (Å²) in [5, 5.41) is 2.42. The van der Waals surface area contributed by atoms with Crippen LogP contribution in [0.5, 0.6) is 0 Å². The molecule has 0 unspecified atom stereocenters. The number of nitrogens with one attached hydrogen (secondary N) is 2. The number of hydrogen-bond acceptors (Lipinski definition) is 5. The molecule has 0 radical (unpaired) electrons. The summed E-state index contributed by atoms with van der Waals surface area (Å²) in [5.41, 5.74) is 5.23. The van der Waals surface area contributed by atoms with Crippen LogP contribution < -0.4 is 10.9 Å². The average Bonchev–Trinajstić information content (AvgIpc) is 2.83. The Hall–Kier alpha value is -2.28. The molecule has 0 fully saturated rings. The zero-order valence-corrected chi connectivity index (χ0v) is 10.3. The molecule has 0 aromatic carbocycles. The number of aryl methyl sites for hydroxylation is 1. The molecule has 0 saturated carbocycles. The third kappa shape index (κ3) is 2.89. The third-order valence-corrected chi connectivity index (χ3v) is 2.84. The maximum atomic E-state index is 11.6. The highest BCUT2D eigenvalue weighted by Gasteiger charge is 2.11. The van der Waals surface area contributed by atoms with Crippen LogP contribution in [0.15, 0.2) is 29.9 Å². The SMILES string of the molecule is Cc1nc(C(=O)NNC(=O)c2cccnc2)cs1. The Balaban J connectivity index is 1.92. The van der Waals surface area contributed by atoms with Crippen LogP contribution in [0.25, 0.3) is 0 Å². The minimum atomic E-state index is -0.448. The topological polar surface area (TPSA) is 84.0 Å². The van der Waals surface area contributed by atoms with Crippen molar-refractivity contribution in [2.75, 3.05) is 0 Å². The zero-order chi connectivity index (χ0) is 13.0. The molecule has 2 heterocycles. The van der Waals surface area contributed by atoms with Crippen molar-refractivity contribution in [2.45, 2.75) is 6.92 Å². The molecular formula is C11H10N4O2S. The Morgan fingerprint density at radius 2 is 2.06 bits per heavy atom. The minimum Gasteiger partial charge on any atom is -0.267 e. The zero-order valence-electron chi connectivity index (χ0n) is 9.51. The molecule has 2 aromatic rings. The Morgan fingerprint density at radius 3 is 2.67 bits per heavy atom. The van der Waals surface area contributed by atoms with E-state index in [1.807, 2.05) is 0 Å². The summed E-state index contributed by atoms with van der Waals surface area (Å²) in [7, 11) is 0. The number of aromatic nitrogens is 2. The maximum absolute atomic E-state index is 11.6. The molecule has 6 nitrogen and oxygen atoms in total. The third-order valence-electron chi connectivity index (χ3n) is 2.06. The van der Waals surface area contributed by atoms with Gasteiger partial charge in [-0.15, -0.1) is 11.3 Å². The Bertz CT molecular complexity index is 567. The second-order valence-corrected chi connectivity index (χ2v) is 4.46. The van der Waals surface area contributed by atoms with Gasteiger partial charge in [0.15, 0.2) is 0 Å². The highest BCUT2D eigenvalue weighted by atomic mass is 32.1. The first-order valence-electron chi connectivity index (χ1n) is 5.09. The van der Waals surface area contributed by atoms with Gasteiger partial charge in [-0.2, -0.15) is 0 Å². The Morgan fingerprint density at radius 1 is 1.28 bits per heavy atom. The fraction of sp³-hybridized carbons (Fsp3) is 0.0909. The van der Waals surface area contributed by atoms with Gasteiger partial charge in [0.2, 0.25) is 0 Å². The number of nitrogens with zero attached hydrogens (tertiary/aromatic N) is 2. The van der Waals surface area contributed by atoms with E-state index in [1.165, 1.54) is 17.5 Å². The number of rotatable bonds is 2. The fourth-order valence-corrected chi connectivity index (χ4v) is 1.81. The summed E-state index contributed by atoms with van der Waals surface area (Å²) in [6.07, 6.45) is 2.97. The van der Waals surface area contributed by atoms with E-state index in [-0.39, 0.29) is 5.69 Å². The lowest BCUT2D eigenvalue weighted by atomic mass is 10.3. The van der Waals surface area contributed by atoms with E-state index in [0.29, 0.717) is 5.56 Å². The predicted octanol–water partition coefficient (Wildman–Crippen LogP) is 0.921. The average molecular weight is 262 g/mol. The molecule has 7 heteroatoms. The maximum Gasteiger partial charge on any atom is 0.289 e. The molecule has 2 N–H and O–H groups in total. The van der Waals surface area contributed by atoms with E-state index in [1.54, 1.807) is 30.6 Å². The van der Waals surface area contributed by atoms with Crippen LogP contribution >= 0.6 is 11.3 Å². The van der Waals surface area contributed by atoms with Crippen molar-refractivity contribution >= 4 is 23.2 Å². The summed E-state index contributed by atoms with van der Waals surface area (Å²) < 4.78 is 0. The van der Waals surface area contributed by atoms with Crippen LogP contribution in [0.4, 0.5) is 0 Å². The number of carbonyl (C=O) groups is 2. The molecule has 0 aliphatic rings. The molecule has 2 amide bonds. The lowest BCUT2D eigenvalue weighted by Crippen LogP contribution is -2.41. The summed E-state index contributed by atoms with van der Waals surface area (Å²) >= 11 is 1.37. The van der Waals surface area contributed by atoms with Crippen molar-refractivity contribution in [1.82, 2.24) is 20.8 Å². The molecule has 0 aliphatic carbocycles. The number of hydrazine groups is 1. The predicted molar refractivity (Wildman–Crippen MR) is 66.0 cm³/mol. The fourth-order valence-electron chi connectivity index (χ4n) is 1.21. The van der Waals surface area contributed by atoms with Crippen molar-refractivity contribution in [3.05, 3.63) is 46.2 Å². The lowest BCUT2D eigenvalue weighted by molar-refractivity contribution is 0.0844. The van der Waals surface area contributed by atoms with Gasteiger partial charge in [-0.1, -0.05) is 0 Å². The molecular weight excluding hydrogens is 252 g/mol. The largest absolute Gasteiger partial charge is 0.289 e. The van der Waals surface area contributed by atoms with Crippen molar-refractivity contribution in [2.24, 2.45) is 0 Å². The molecule has 2 aromatic heterocycles. The second kappa shape index (κ2) is 5.37. The van der Waals surface area contributed by atoms with E-state index in [4.69, 9.17) is 0 Å². The first-order valence-corrected chi connectivity index (χ1v) is 5.97. The van der Waals surface area contributed by atoms with Gasteiger partial charge in [-0.05, 0) is 19.1 Å². The molecule has 0 bridgehead atoms. The number of hydrogen-bond donors (Lipinski definition) is 2. The first-order chi connectivity index (χ1) is 8.66. The molecule has 0 atom stereocenters. The van der Waals surface area contributed by atoms with Crippen LogP contribution in [0.2, 0.25) is 0 Å². The van der Waals surface area contributed by atoms with E-state index in [0.717, 1.165) is 5.01 Å². The molecule has 0 spiro atoms. The summed E-state index contributed by atoms with van der Waals surface area (Å²) in [6.45, 7) is 1.80. The smallest absolute Gasteiger partial charge is 0.267 e. The van der Waals surface area contributed by atoms with Crippen LogP contribution in [-0.2, 0) is 0 Å². The first kappa shape index (κ1) is 12.2. The Kier molecular flexibility index (Phi) is 3.63. The number of amides is 2. The van der Waals surface area contributed by atoms with Crippen LogP contribution in [0, 0.1) is 6.92 Å². The van der Waals surface area contributed by atoms with Crippen molar-refractivity contribution in [3.63, 3.8) is 0 Å². The monoisotopic (exact) mass is 262 g/mol. The van der Waals surface area contributed by atoms with Gasteiger partial charge in [0.1, 0.15) is 5.69 Å². The van der Waals surface area contributed by atoms with E-state index in [2.05, 4.69) is 20.8 Å². The molecule has 0 aliphatic heterocycles. The molecule has 0 saturated heterocycles. The highest BCUT2D eigenvalue weighted by Crippen LogP contribution is 2.07. The number of carbonyl (C=O) groups excluding carboxylic acids is 2. The number of pyridine rings is 1. The van der Waals surface area contributed by atoms with Gasteiger partial charge in [-0.3, -0.25) is 25.4 Å². The van der Waals surface area contributed by atoms with E-state index in [9.17, 15) is 9.59 Å². The van der Waals surface area contributed by atoms with Gasteiger partial charge in [0.25, 0.3) is 11.8 Å². The number of thiazole rings is 1. The molecule has 92 valence electrons. The normalized spacial score (nSPS) is 9.83. The van der Waals surface area contributed by atoms with Gasteiger partial charge < -0.3 is 0 Å². The van der Waals surface area contributed by atoms with Gasteiger partial charge in [0.05, 0.1) is 10.6 Å². The second-order valence-electron chi connectivity index (χ2n) is 3.40. The van der Waals surface area contributed by atoms with E-state index >= 15 is 0 Å². The summed E-state index contributed by atoms with van der Waals surface area (Å²) in [6, 6.07) is 3.24.